The van der Waals surface area contributed by atoms with E-state index >= 15 is 0 Å². The highest BCUT2D eigenvalue weighted by molar-refractivity contribution is 9.10. The van der Waals surface area contributed by atoms with Gasteiger partial charge in [0.2, 0.25) is 0 Å². The van der Waals surface area contributed by atoms with Crippen molar-refractivity contribution in [3.8, 4) is 0 Å². The monoisotopic (exact) mass is 420 g/mol. The first-order valence-electron chi connectivity index (χ1n) is 9.11. The van der Waals surface area contributed by atoms with E-state index in [1.807, 2.05) is 0 Å². The molecular formula is C20H34BrClS. The van der Waals surface area contributed by atoms with E-state index in [2.05, 4.69) is 59.7 Å². The molecule has 0 N–H and O–H groups in total. The van der Waals surface area contributed by atoms with Crippen LogP contribution in [0, 0.1) is 5.92 Å². The van der Waals surface area contributed by atoms with Gasteiger partial charge < -0.3 is 0 Å². The third kappa shape index (κ3) is 12.4. The molecule has 1 aromatic rings. The molecule has 134 valence electrons. The Morgan fingerprint density at radius 1 is 0.870 bits per heavy atom. The Labute approximate surface area is 164 Å². The van der Waals surface area contributed by atoms with E-state index in [9.17, 15) is 0 Å². The second-order valence-corrected chi connectivity index (χ2v) is 7.78. The first-order chi connectivity index (χ1) is 10.8. The van der Waals surface area contributed by atoms with Crippen LogP contribution in [0.15, 0.2) is 28.7 Å². The van der Waals surface area contributed by atoms with E-state index < -0.39 is 0 Å². The fourth-order valence-corrected chi connectivity index (χ4v) is 3.53. The molecule has 1 unspecified atom stereocenters. The second kappa shape index (κ2) is 15.8. The average Bonchev–Trinajstić information content (AvgIpc) is 2.54. The highest BCUT2D eigenvalue weighted by atomic mass is 79.9. The van der Waals surface area contributed by atoms with Gasteiger partial charge in [0.05, 0.1) is 0 Å². The molecule has 0 saturated carbocycles. The molecule has 0 amide bonds. The molecule has 0 saturated heterocycles. The van der Waals surface area contributed by atoms with Crippen LogP contribution in [0.2, 0.25) is 0 Å². The van der Waals surface area contributed by atoms with Gasteiger partial charge in [0.1, 0.15) is 0 Å². The summed E-state index contributed by atoms with van der Waals surface area (Å²) in [5, 5.41) is 0. The second-order valence-electron chi connectivity index (χ2n) is 6.50. The molecule has 0 bridgehead atoms. The van der Waals surface area contributed by atoms with Crippen molar-refractivity contribution >= 4 is 41.0 Å². The van der Waals surface area contributed by atoms with E-state index in [1.54, 1.807) is 0 Å². The summed E-state index contributed by atoms with van der Waals surface area (Å²) in [6.07, 6.45) is 15.2. The maximum absolute atomic E-state index is 4.55. The van der Waals surface area contributed by atoms with E-state index in [4.69, 9.17) is 0 Å². The molecule has 0 aliphatic heterocycles. The lowest BCUT2D eigenvalue weighted by Gasteiger charge is -2.14. The Morgan fingerprint density at radius 3 is 1.91 bits per heavy atom. The quantitative estimate of drug-likeness (QED) is 0.243. The summed E-state index contributed by atoms with van der Waals surface area (Å²) in [7, 11) is 0. The molecule has 1 rings (SSSR count). The number of hydrogen-bond donors (Lipinski definition) is 1. The SMILES string of the molecule is CCCCCCCCCCCC(CS)Cc1ccc(Br)cc1.Cl. The van der Waals surface area contributed by atoms with Gasteiger partial charge in [-0.05, 0) is 42.2 Å². The lowest BCUT2D eigenvalue weighted by atomic mass is 9.95. The van der Waals surface area contributed by atoms with Crippen molar-refractivity contribution in [3.63, 3.8) is 0 Å². The van der Waals surface area contributed by atoms with Crippen molar-refractivity contribution in [2.45, 2.75) is 77.6 Å². The van der Waals surface area contributed by atoms with Gasteiger partial charge in [0.15, 0.2) is 0 Å². The predicted octanol–water partition coefficient (Wildman–Crippen LogP) is 7.88. The van der Waals surface area contributed by atoms with Crippen molar-refractivity contribution in [2.24, 2.45) is 5.92 Å². The molecule has 0 spiro atoms. The Hall–Kier alpha value is 0.340. The molecule has 0 fully saturated rings. The third-order valence-corrected chi connectivity index (χ3v) is 5.46. The fraction of sp³-hybridized carbons (Fsp3) is 0.700. The van der Waals surface area contributed by atoms with Crippen molar-refractivity contribution in [3.05, 3.63) is 34.3 Å². The minimum Gasteiger partial charge on any atom is -0.179 e. The summed E-state index contributed by atoms with van der Waals surface area (Å²) in [4.78, 5) is 0. The van der Waals surface area contributed by atoms with Crippen LogP contribution in [0.1, 0.15) is 76.7 Å². The molecular weight excluding hydrogens is 388 g/mol. The number of thiol groups is 1. The number of hydrogen-bond acceptors (Lipinski definition) is 1. The van der Waals surface area contributed by atoms with Crippen molar-refractivity contribution in [1.29, 1.82) is 0 Å². The van der Waals surface area contributed by atoms with Gasteiger partial charge in [0, 0.05) is 4.47 Å². The average molecular weight is 422 g/mol. The summed E-state index contributed by atoms with van der Waals surface area (Å²) in [6, 6.07) is 8.75. The van der Waals surface area contributed by atoms with Crippen molar-refractivity contribution < 1.29 is 0 Å². The van der Waals surface area contributed by atoms with Crippen LogP contribution in [0.4, 0.5) is 0 Å². The Kier molecular flexibility index (Phi) is 16.1. The molecule has 1 aromatic carbocycles. The summed E-state index contributed by atoms with van der Waals surface area (Å²) in [5.74, 6) is 1.74. The van der Waals surface area contributed by atoms with Gasteiger partial charge in [-0.1, -0.05) is 92.8 Å². The highest BCUT2D eigenvalue weighted by Gasteiger charge is 2.07. The smallest absolute Gasteiger partial charge is 0.0175 e. The largest absolute Gasteiger partial charge is 0.179 e. The molecule has 23 heavy (non-hydrogen) atoms. The zero-order valence-electron chi connectivity index (χ0n) is 14.6. The number of unbranched alkanes of at least 4 members (excludes halogenated alkanes) is 8. The third-order valence-electron chi connectivity index (χ3n) is 4.41. The van der Waals surface area contributed by atoms with Crippen LogP contribution >= 0.6 is 41.0 Å². The Balaban J connectivity index is 0.00000484. The fourth-order valence-electron chi connectivity index (χ4n) is 2.96. The maximum atomic E-state index is 4.55. The molecule has 0 aliphatic carbocycles. The van der Waals surface area contributed by atoms with Crippen molar-refractivity contribution in [1.82, 2.24) is 0 Å². The molecule has 1 atom stereocenters. The van der Waals surface area contributed by atoms with Gasteiger partial charge in [0.25, 0.3) is 0 Å². The van der Waals surface area contributed by atoms with Crippen LogP contribution < -0.4 is 0 Å². The van der Waals surface area contributed by atoms with Gasteiger partial charge in [-0.2, -0.15) is 12.6 Å². The number of halogens is 2. The zero-order valence-corrected chi connectivity index (χ0v) is 17.9. The summed E-state index contributed by atoms with van der Waals surface area (Å²) in [5.41, 5.74) is 1.44. The van der Waals surface area contributed by atoms with E-state index in [1.165, 1.54) is 76.2 Å². The normalized spacial score (nSPS) is 12.0. The molecule has 0 radical (unpaired) electrons. The van der Waals surface area contributed by atoms with Crippen LogP contribution in [-0.2, 0) is 6.42 Å². The first-order valence-corrected chi connectivity index (χ1v) is 10.5. The lowest BCUT2D eigenvalue weighted by molar-refractivity contribution is 0.484. The maximum Gasteiger partial charge on any atom is 0.0175 e. The van der Waals surface area contributed by atoms with E-state index in [0.29, 0.717) is 0 Å². The molecule has 0 aliphatic rings. The standard InChI is InChI=1S/C20H33BrS.ClH/c1-2-3-4-5-6-7-8-9-10-11-19(17-22)16-18-12-14-20(21)15-13-18;/h12-15,19,22H,2-11,16-17H2,1H3;1H. The number of benzene rings is 1. The van der Waals surface area contributed by atoms with Gasteiger partial charge in [-0.25, -0.2) is 0 Å². The molecule has 0 nitrogen and oxygen atoms in total. The molecule has 3 heteroatoms. The Bertz CT molecular complexity index is 366. The van der Waals surface area contributed by atoms with Gasteiger partial charge in [-0.3, -0.25) is 0 Å². The first kappa shape index (κ1) is 23.3. The van der Waals surface area contributed by atoms with E-state index in [0.717, 1.165) is 16.1 Å². The summed E-state index contributed by atoms with van der Waals surface area (Å²) >= 11 is 8.05. The summed E-state index contributed by atoms with van der Waals surface area (Å²) < 4.78 is 1.16. The van der Waals surface area contributed by atoms with Crippen LogP contribution in [-0.4, -0.2) is 5.75 Å². The minimum absolute atomic E-state index is 0. The minimum atomic E-state index is 0. The Morgan fingerprint density at radius 2 is 1.39 bits per heavy atom. The predicted molar refractivity (Wildman–Crippen MR) is 114 cm³/mol. The highest BCUT2D eigenvalue weighted by Crippen LogP contribution is 2.20. The van der Waals surface area contributed by atoms with Crippen LogP contribution in [0.3, 0.4) is 0 Å². The van der Waals surface area contributed by atoms with Crippen molar-refractivity contribution in [2.75, 3.05) is 5.75 Å². The van der Waals surface area contributed by atoms with Gasteiger partial charge in [-0.15, -0.1) is 12.4 Å². The van der Waals surface area contributed by atoms with Crippen LogP contribution in [0.5, 0.6) is 0 Å². The molecule has 0 heterocycles. The lowest BCUT2D eigenvalue weighted by Crippen LogP contribution is -2.06. The molecule has 0 aromatic heterocycles. The summed E-state index contributed by atoms with van der Waals surface area (Å²) in [6.45, 7) is 2.28. The number of rotatable bonds is 13. The zero-order chi connectivity index (χ0) is 16.0. The van der Waals surface area contributed by atoms with E-state index in [-0.39, 0.29) is 12.4 Å². The van der Waals surface area contributed by atoms with Gasteiger partial charge >= 0.3 is 0 Å². The van der Waals surface area contributed by atoms with Crippen LogP contribution in [0.25, 0.3) is 0 Å². The topological polar surface area (TPSA) is 0 Å².